The predicted octanol–water partition coefficient (Wildman–Crippen LogP) is 4.93. The molecule has 4 aromatic rings. The summed E-state index contributed by atoms with van der Waals surface area (Å²) in [5, 5.41) is 9.59. The van der Waals surface area contributed by atoms with E-state index in [-0.39, 0.29) is 10.8 Å². The second kappa shape index (κ2) is 7.94. The molecule has 0 aliphatic rings. The number of thioether (sulfide) groups is 1. The summed E-state index contributed by atoms with van der Waals surface area (Å²) in [5.74, 6) is 0.402. The summed E-state index contributed by atoms with van der Waals surface area (Å²) in [7, 11) is 0. The van der Waals surface area contributed by atoms with Gasteiger partial charge in [-0.25, -0.2) is 4.68 Å². The van der Waals surface area contributed by atoms with Gasteiger partial charge in [0.2, 0.25) is 0 Å². The van der Waals surface area contributed by atoms with Crippen LogP contribution in [0.4, 0.5) is 0 Å². The van der Waals surface area contributed by atoms with E-state index in [0.29, 0.717) is 21.8 Å². The van der Waals surface area contributed by atoms with Crippen LogP contribution in [0, 0.1) is 0 Å². The van der Waals surface area contributed by atoms with Crippen LogP contribution >= 0.6 is 23.4 Å². The first-order valence-corrected chi connectivity index (χ1v) is 9.89. The maximum atomic E-state index is 12.7. The first-order valence-electron chi connectivity index (χ1n) is 8.47. The minimum Gasteiger partial charge on any atom is -0.267 e. The van der Waals surface area contributed by atoms with Crippen molar-refractivity contribution in [1.29, 1.82) is 0 Å². The van der Waals surface area contributed by atoms with Crippen LogP contribution in [-0.4, -0.2) is 15.0 Å². The third kappa shape index (κ3) is 3.89. The SMILES string of the molecule is O=c1c2ccccc2nnn1CSC(c1ccccc1)c1ccc(Cl)cc1. The van der Waals surface area contributed by atoms with E-state index in [1.807, 2.05) is 54.6 Å². The molecule has 134 valence electrons. The van der Waals surface area contributed by atoms with Crippen LogP contribution in [0.15, 0.2) is 83.7 Å². The van der Waals surface area contributed by atoms with E-state index in [2.05, 4.69) is 22.4 Å². The highest BCUT2D eigenvalue weighted by molar-refractivity contribution is 7.98. The van der Waals surface area contributed by atoms with Gasteiger partial charge in [0.05, 0.1) is 16.5 Å². The highest BCUT2D eigenvalue weighted by atomic mass is 35.5. The zero-order valence-electron chi connectivity index (χ0n) is 14.3. The summed E-state index contributed by atoms with van der Waals surface area (Å²) in [5.41, 5.74) is 2.76. The monoisotopic (exact) mass is 393 g/mol. The molecule has 4 nitrogen and oxygen atoms in total. The molecule has 3 aromatic carbocycles. The average molecular weight is 394 g/mol. The molecule has 0 spiro atoms. The van der Waals surface area contributed by atoms with Crippen LogP contribution in [0.1, 0.15) is 16.4 Å². The Kier molecular flexibility index (Phi) is 5.23. The van der Waals surface area contributed by atoms with Gasteiger partial charge >= 0.3 is 0 Å². The summed E-state index contributed by atoms with van der Waals surface area (Å²) in [6.45, 7) is 0. The number of benzene rings is 3. The third-order valence-electron chi connectivity index (χ3n) is 4.27. The van der Waals surface area contributed by atoms with Crippen LogP contribution in [-0.2, 0) is 5.88 Å². The second-order valence-electron chi connectivity index (χ2n) is 6.05. The van der Waals surface area contributed by atoms with Crippen molar-refractivity contribution in [1.82, 2.24) is 15.0 Å². The van der Waals surface area contributed by atoms with Gasteiger partial charge in [-0.2, -0.15) is 0 Å². The minimum atomic E-state index is -0.129. The van der Waals surface area contributed by atoms with E-state index in [9.17, 15) is 4.79 Å². The largest absolute Gasteiger partial charge is 0.278 e. The standard InChI is InChI=1S/C21H16ClN3OS/c22-17-12-10-16(11-13-17)20(15-6-2-1-3-7-15)27-14-25-21(26)18-8-4-5-9-19(18)23-24-25/h1-13,20H,14H2. The summed E-state index contributed by atoms with van der Waals surface area (Å²) < 4.78 is 1.42. The quantitative estimate of drug-likeness (QED) is 0.482. The first-order chi connectivity index (χ1) is 13.2. The molecule has 27 heavy (non-hydrogen) atoms. The number of fused-ring (bicyclic) bond motifs is 1. The van der Waals surface area contributed by atoms with Crippen molar-refractivity contribution < 1.29 is 0 Å². The van der Waals surface area contributed by atoms with Crippen LogP contribution in [0.3, 0.4) is 0 Å². The fraction of sp³-hybridized carbons (Fsp3) is 0.0952. The zero-order valence-corrected chi connectivity index (χ0v) is 15.9. The first kappa shape index (κ1) is 17.8. The van der Waals surface area contributed by atoms with Crippen molar-refractivity contribution in [2.45, 2.75) is 11.1 Å². The molecule has 1 unspecified atom stereocenters. The number of rotatable bonds is 5. The van der Waals surface area contributed by atoms with Crippen molar-refractivity contribution in [2.24, 2.45) is 0 Å². The predicted molar refractivity (Wildman–Crippen MR) is 111 cm³/mol. The van der Waals surface area contributed by atoms with Crippen molar-refractivity contribution in [2.75, 3.05) is 0 Å². The van der Waals surface area contributed by atoms with Gasteiger partial charge in [-0.1, -0.05) is 71.4 Å². The zero-order chi connectivity index (χ0) is 18.6. The second-order valence-corrected chi connectivity index (χ2v) is 7.55. The van der Waals surface area contributed by atoms with Gasteiger partial charge < -0.3 is 0 Å². The molecule has 1 heterocycles. The Bertz CT molecular complexity index is 1110. The lowest BCUT2D eigenvalue weighted by molar-refractivity contribution is 0.644. The number of hydrogen-bond donors (Lipinski definition) is 0. The van der Waals surface area contributed by atoms with Gasteiger partial charge in [0.25, 0.3) is 5.56 Å². The van der Waals surface area contributed by atoms with Crippen molar-refractivity contribution in [3.63, 3.8) is 0 Å². The minimum absolute atomic E-state index is 0.0589. The third-order valence-corrected chi connectivity index (χ3v) is 5.79. The molecule has 0 N–H and O–H groups in total. The summed E-state index contributed by atoms with van der Waals surface area (Å²) in [6, 6.07) is 25.2. The maximum absolute atomic E-state index is 12.7. The summed E-state index contributed by atoms with van der Waals surface area (Å²) >= 11 is 7.67. The van der Waals surface area contributed by atoms with Gasteiger partial charge in [-0.3, -0.25) is 4.79 Å². The number of halogens is 1. The van der Waals surface area contributed by atoms with Gasteiger partial charge in [0, 0.05) is 5.02 Å². The molecule has 0 aliphatic carbocycles. The Morgan fingerprint density at radius 1 is 0.889 bits per heavy atom. The summed E-state index contributed by atoms with van der Waals surface area (Å²) in [4.78, 5) is 12.7. The molecule has 0 saturated heterocycles. The van der Waals surface area contributed by atoms with Gasteiger partial charge in [0.15, 0.2) is 0 Å². The fourth-order valence-corrected chi connectivity index (χ4v) is 4.19. The molecule has 0 bridgehead atoms. The normalized spacial score (nSPS) is 12.2. The molecule has 4 rings (SSSR count). The van der Waals surface area contributed by atoms with Crippen molar-refractivity contribution >= 4 is 34.3 Å². The molecule has 6 heteroatoms. The van der Waals surface area contributed by atoms with Crippen molar-refractivity contribution in [3.8, 4) is 0 Å². The fourth-order valence-electron chi connectivity index (χ4n) is 2.90. The van der Waals surface area contributed by atoms with Crippen LogP contribution in [0.2, 0.25) is 5.02 Å². The highest BCUT2D eigenvalue weighted by Crippen LogP contribution is 2.36. The molecular formula is C21H16ClN3OS. The smallest absolute Gasteiger partial charge is 0.267 e. The van der Waals surface area contributed by atoms with E-state index in [1.165, 1.54) is 4.68 Å². The number of hydrogen-bond acceptors (Lipinski definition) is 4. The summed E-state index contributed by atoms with van der Waals surface area (Å²) in [6.07, 6.45) is 0. The van der Waals surface area contributed by atoms with Gasteiger partial charge in [-0.05, 0) is 35.4 Å². The molecule has 0 aliphatic heterocycles. The topological polar surface area (TPSA) is 47.8 Å². The molecule has 1 atom stereocenters. The Balaban J connectivity index is 1.66. The number of aromatic nitrogens is 3. The number of nitrogens with zero attached hydrogens (tertiary/aromatic N) is 3. The Labute approximate surface area is 165 Å². The molecule has 0 amide bonds. The van der Waals surface area contributed by atoms with Gasteiger partial charge in [-0.15, -0.1) is 16.9 Å². The van der Waals surface area contributed by atoms with E-state index in [4.69, 9.17) is 11.6 Å². The van der Waals surface area contributed by atoms with E-state index >= 15 is 0 Å². The molecule has 0 radical (unpaired) electrons. The molecule has 0 fully saturated rings. The lowest BCUT2D eigenvalue weighted by Crippen LogP contribution is -2.23. The van der Waals surface area contributed by atoms with Gasteiger partial charge in [0.1, 0.15) is 5.52 Å². The Morgan fingerprint density at radius 3 is 2.33 bits per heavy atom. The van der Waals surface area contributed by atoms with Crippen LogP contribution in [0.25, 0.3) is 10.9 Å². The lowest BCUT2D eigenvalue weighted by atomic mass is 10.0. The maximum Gasteiger partial charge on any atom is 0.278 e. The molecule has 1 aromatic heterocycles. The Hall–Kier alpha value is -2.63. The van der Waals surface area contributed by atoms with E-state index < -0.39 is 0 Å². The van der Waals surface area contributed by atoms with Crippen LogP contribution in [0.5, 0.6) is 0 Å². The lowest BCUT2D eigenvalue weighted by Gasteiger charge is -2.18. The Morgan fingerprint density at radius 2 is 1.56 bits per heavy atom. The molecular weight excluding hydrogens is 378 g/mol. The van der Waals surface area contributed by atoms with Crippen LogP contribution < -0.4 is 5.56 Å². The van der Waals surface area contributed by atoms with Crippen molar-refractivity contribution in [3.05, 3.63) is 105 Å². The van der Waals surface area contributed by atoms with E-state index in [1.54, 1.807) is 23.9 Å². The molecule has 0 saturated carbocycles. The highest BCUT2D eigenvalue weighted by Gasteiger charge is 2.16. The van der Waals surface area contributed by atoms with E-state index in [0.717, 1.165) is 11.1 Å². The average Bonchev–Trinajstić information content (AvgIpc) is 2.72.